The molecule has 1 fully saturated rings. The molecule has 0 saturated carbocycles. The van der Waals surface area contributed by atoms with Crippen LogP contribution in [0.5, 0.6) is 0 Å². The van der Waals surface area contributed by atoms with Crippen molar-refractivity contribution in [1.29, 1.82) is 0 Å². The van der Waals surface area contributed by atoms with E-state index in [1.165, 1.54) is 31.2 Å². The minimum absolute atomic E-state index is 0.850. The van der Waals surface area contributed by atoms with Crippen LogP contribution in [0.15, 0.2) is 30.6 Å². The number of aromatic nitrogens is 3. The lowest BCUT2D eigenvalue weighted by atomic mass is 10.2. The largest absolute Gasteiger partial charge is 0.359 e. The Labute approximate surface area is 144 Å². The minimum atomic E-state index is 0.850. The molecule has 0 atom stereocenters. The lowest BCUT2D eigenvalue weighted by Gasteiger charge is -2.24. The number of hydrogen-bond donors (Lipinski definition) is 0. The molecule has 3 rings (SSSR count). The van der Waals surface area contributed by atoms with Crippen LogP contribution in [-0.4, -0.2) is 41.6 Å². The zero-order valence-corrected chi connectivity index (χ0v) is 14.8. The Morgan fingerprint density at radius 3 is 2.46 bits per heavy atom. The second-order valence-electron chi connectivity index (χ2n) is 6.56. The van der Waals surface area contributed by atoms with Gasteiger partial charge in [-0.05, 0) is 43.9 Å². The number of likely N-dealkylation sites (N-methyl/N-ethyl adjacent to an activating group) is 1. The molecule has 0 aliphatic carbocycles. The molecule has 0 aromatic carbocycles. The number of rotatable bonds is 5. The van der Waals surface area contributed by atoms with E-state index in [4.69, 9.17) is 0 Å². The van der Waals surface area contributed by atoms with Gasteiger partial charge >= 0.3 is 0 Å². The number of pyridine rings is 1. The summed E-state index contributed by atoms with van der Waals surface area (Å²) < 4.78 is 0. The Bertz CT molecular complexity index is 635. The van der Waals surface area contributed by atoms with E-state index in [1.54, 1.807) is 0 Å². The Kier molecular flexibility index (Phi) is 5.62. The molecule has 1 aliphatic rings. The van der Waals surface area contributed by atoms with E-state index in [9.17, 15) is 0 Å². The monoisotopic (exact) mass is 325 g/mol. The third-order valence-electron chi connectivity index (χ3n) is 4.62. The fourth-order valence-electron chi connectivity index (χ4n) is 3.15. The molecule has 1 saturated heterocycles. The first-order chi connectivity index (χ1) is 11.7. The van der Waals surface area contributed by atoms with E-state index >= 15 is 0 Å². The van der Waals surface area contributed by atoms with Gasteiger partial charge in [0.1, 0.15) is 17.5 Å². The summed E-state index contributed by atoms with van der Waals surface area (Å²) in [6.45, 7) is 5.13. The summed E-state index contributed by atoms with van der Waals surface area (Å²) >= 11 is 0. The normalized spacial score (nSPS) is 15.2. The highest BCUT2D eigenvalue weighted by atomic mass is 15.2. The quantitative estimate of drug-likeness (QED) is 0.844. The summed E-state index contributed by atoms with van der Waals surface area (Å²) in [5.74, 6) is 2.94. The molecule has 5 heteroatoms. The van der Waals surface area contributed by atoms with Crippen molar-refractivity contribution in [3.63, 3.8) is 0 Å². The highest BCUT2D eigenvalue weighted by Crippen LogP contribution is 2.21. The summed E-state index contributed by atoms with van der Waals surface area (Å²) in [6.07, 6.45) is 9.87. The van der Waals surface area contributed by atoms with Crippen LogP contribution < -0.4 is 9.80 Å². The van der Waals surface area contributed by atoms with Crippen molar-refractivity contribution < 1.29 is 0 Å². The van der Waals surface area contributed by atoms with E-state index in [2.05, 4.69) is 50.0 Å². The second-order valence-corrected chi connectivity index (χ2v) is 6.56. The summed E-state index contributed by atoms with van der Waals surface area (Å²) in [5, 5.41) is 0. The van der Waals surface area contributed by atoms with Gasteiger partial charge in [-0.15, -0.1) is 0 Å². The predicted molar refractivity (Wildman–Crippen MR) is 98.7 cm³/mol. The molecule has 0 spiro atoms. The Morgan fingerprint density at radius 2 is 1.75 bits per heavy atom. The van der Waals surface area contributed by atoms with Crippen molar-refractivity contribution in [2.75, 3.05) is 36.5 Å². The van der Waals surface area contributed by atoms with Crippen LogP contribution in [0.2, 0.25) is 0 Å². The molecule has 1 aliphatic heterocycles. The fourth-order valence-corrected chi connectivity index (χ4v) is 3.15. The van der Waals surface area contributed by atoms with Gasteiger partial charge in [-0.3, -0.25) is 4.98 Å². The van der Waals surface area contributed by atoms with Gasteiger partial charge in [-0.1, -0.05) is 12.8 Å². The molecule has 0 radical (unpaired) electrons. The van der Waals surface area contributed by atoms with Gasteiger partial charge in [-0.25, -0.2) is 9.97 Å². The summed E-state index contributed by atoms with van der Waals surface area (Å²) in [6, 6.07) is 6.29. The second kappa shape index (κ2) is 8.08. The first-order valence-electron chi connectivity index (χ1n) is 8.93. The molecule has 3 heterocycles. The number of aryl methyl sites for hydroxylation is 1. The topological polar surface area (TPSA) is 45.2 Å². The van der Waals surface area contributed by atoms with Crippen LogP contribution >= 0.6 is 0 Å². The predicted octanol–water partition coefficient (Wildman–Crippen LogP) is 3.24. The molecule has 0 N–H and O–H groups in total. The molecule has 24 heavy (non-hydrogen) atoms. The third-order valence-corrected chi connectivity index (χ3v) is 4.62. The van der Waals surface area contributed by atoms with Crippen molar-refractivity contribution in [2.45, 2.75) is 39.0 Å². The number of hydrogen-bond acceptors (Lipinski definition) is 5. The van der Waals surface area contributed by atoms with E-state index in [0.29, 0.717) is 0 Å². The maximum Gasteiger partial charge on any atom is 0.134 e. The molecule has 0 unspecified atom stereocenters. The van der Waals surface area contributed by atoms with Gasteiger partial charge in [-0.2, -0.15) is 0 Å². The van der Waals surface area contributed by atoms with Crippen LogP contribution in [0.1, 0.15) is 37.1 Å². The highest BCUT2D eigenvalue weighted by molar-refractivity contribution is 5.50. The number of nitrogens with zero attached hydrogens (tertiary/aromatic N) is 5. The standard InChI is InChI=1S/C19H27N5/c1-16-21-18(23(2)14-9-17-7-10-20-11-8-17)15-19(22-16)24-12-5-3-4-6-13-24/h7-8,10-11,15H,3-6,9,12-14H2,1-2H3. The lowest BCUT2D eigenvalue weighted by Crippen LogP contribution is -2.27. The first kappa shape index (κ1) is 16.7. The van der Waals surface area contributed by atoms with Gasteiger partial charge in [0.15, 0.2) is 0 Å². The lowest BCUT2D eigenvalue weighted by molar-refractivity contribution is 0.726. The molecular formula is C19H27N5. The average molecular weight is 325 g/mol. The average Bonchev–Trinajstić information content (AvgIpc) is 2.89. The maximum atomic E-state index is 4.68. The van der Waals surface area contributed by atoms with Crippen molar-refractivity contribution in [3.8, 4) is 0 Å². The van der Waals surface area contributed by atoms with Gasteiger partial charge < -0.3 is 9.80 Å². The summed E-state index contributed by atoms with van der Waals surface area (Å²) in [4.78, 5) is 18.0. The maximum absolute atomic E-state index is 4.68. The van der Waals surface area contributed by atoms with E-state index in [-0.39, 0.29) is 0 Å². The van der Waals surface area contributed by atoms with E-state index < -0.39 is 0 Å². The Balaban J connectivity index is 1.70. The zero-order chi connectivity index (χ0) is 16.8. The third kappa shape index (κ3) is 4.43. The molecule has 5 nitrogen and oxygen atoms in total. The van der Waals surface area contributed by atoms with E-state index in [0.717, 1.165) is 43.5 Å². The first-order valence-corrected chi connectivity index (χ1v) is 8.93. The smallest absolute Gasteiger partial charge is 0.134 e. The van der Waals surface area contributed by atoms with Crippen LogP contribution in [0, 0.1) is 6.92 Å². The molecule has 0 bridgehead atoms. The van der Waals surface area contributed by atoms with Gasteiger partial charge in [0.05, 0.1) is 0 Å². The van der Waals surface area contributed by atoms with Crippen molar-refractivity contribution in [2.24, 2.45) is 0 Å². The van der Waals surface area contributed by atoms with Gasteiger partial charge in [0.25, 0.3) is 0 Å². The van der Waals surface area contributed by atoms with Crippen LogP contribution in [0.3, 0.4) is 0 Å². The highest BCUT2D eigenvalue weighted by Gasteiger charge is 2.14. The van der Waals surface area contributed by atoms with Crippen molar-refractivity contribution >= 4 is 11.6 Å². The summed E-state index contributed by atoms with van der Waals surface area (Å²) in [5.41, 5.74) is 1.30. The molecule has 2 aromatic rings. The fraction of sp³-hybridized carbons (Fsp3) is 0.526. The van der Waals surface area contributed by atoms with Crippen molar-refractivity contribution in [1.82, 2.24) is 15.0 Å². The van der Waals surface area contributed by atoms with Gasteiger partial charge in [0.2, 0.25) is 0 Å². The van der Waals surface area contributed by atoms with Crippen molar-refractivity contribution in [3.05, 3.63) is 42.0 Å². The Hall–Kier alpha value is -2.17. The Morgan fingerprint density at radius 1 is 1.04 bits per heavy atom. The number of anilines is 2. The molecule has 0 amide bonds. The van der Waals surface area contributed by atoms with Crippen LogP contribution in [-0.2, 0) is 6.42 Å². The zero-order valence-electron chi connectivity index (χ0n) is 14.8. The van der Waals surface area contributed by atoms with Gasteiger partial charge in [0, 0.05) is 45.1 Å². The SMILES string of the molecule is Cc1nc(N(C)CCc2ccncc2)cc(N2CCCCCC2)n1. The molecular weight excluding hydrogens is 298 g/mol. The van der Waals surface area contributed by atoms with E-state index in [1.807, 2.05) is 19.3 Å². The van der Waals surface area contributed by atoms with Crippen LogP contribution in [0.25, 0.3) is 0 Å². The molecule has 2 aromatic heterocycles. The minimum Gasteiger partial charge on any atom is -0.359 e. The summed E-state index contributed by atoms with van der Waals surface area (Å²) in [7, 11) is 2.11. The molecule has 128 valence electrons. The van der Waals surface area contributed by atoms with Crippen LogP contribution in [0.4, 0.5) is 11.6 Å².